The van der Waals surface area contributed by atoms with Crippen molar-refractivity contribution in [3.8, 4) is 17.1 Å². The number of nitrogens with zero attached hydrogens (tertiary/aromatic N) is 1. The topological polar surface area (TPSA) is 93.5 Å². The van der Waals surface area contributed by atoms with Gasteiger partial charge < -0.3 is 19.8 Å². The molecule has 0 radical (unpaired) electrons. The Morgan fingerprint density at radius 1 is 1.12 bits per heavy atom. The molecule has 2 N–H and O–H groups in total. The van der Waals surface area contributed by atoms with Gasteiger partial charge in [0.15, 0.2) is 11.7 Å². The summed E-state index contributed by atoms with van der Waals surface area (Å²) in [6, 6.07) is 15.0. The van der Waals surface area contributed by atoms with E-state index in [9.17, 15) is 9.59 Å². The molecule has 1 saturated carbocycles. The van der Waals surface area contributed by atoms with Gasteiger partial charge in [-0.05, 0) is 61.7 Å². The highest BCUT2D eigenvalue weighted by atomic mass is 16.5. The lowest BCUT2D eigenvalue weighted by Crippen LogP contribution is -2.26. The second-order valence-electron chi connectivity index (χ2n) is 8.02. The number of hydrogen-bond donors (Lipinski definition) is 2. The van der Waals surface area contributed by atoms with Gasteiger partial charge in [0, 0.05) is 30.0 Å². The highest BCUT2D eigenvalue weighted by Gasteiger charge is 2.29. The van der Waals surface area contributed by atoms with Crippen LogP contribution in [0.25, 0.3) is 11.3 Å². The number of nitrogens with one attached hydrogen (secondary N) is 2. The number of anilines is 1. The van der Waals surface area contributed by atoms with Crippen molar-refractivity contribution in [3.05, 3.63) is 66.2 Å². The number of benzene rings is 2. The van der Waals surface area contributed by atoms with E-state index in [1.165, 1.54) is 0 Å². The highest BCUT2D eigenvalue weighted by Crippen LogP contribution is 2.30. The first-order chi connectivity index (χ1) is 15.5. The van der Waals surface area contributed by atoms with Crippen LogP contribution in [0.3, 0.4) is 0 Å². The van der Waals surface area contributed by atoms with Crippen LogP contribution in [-0.2, 0) is 16.0 Å². The molecule has 0 spiro atoms. The molecule has 2 amide bonds. The second kappa shape index (κ2) is 9.68. The molecular formula is C25H27N3O4. The third-order valence-electron chi connectivity index (χ3n) is 5.50. The Kier molecular flexibility index (Phi) is 6.54. The molecule has 1 fully saturated rings. The fourth-order valence-electron chi connectivity index (χ4n) is 3.38. The number of aromatic nitrogens is 1. The van der Waals surface area contributed by atoms with Crippen molar-refractivity contribution in [2.45, 2.75) is 38.6 Å². The Hall–Kier alpha value is -3.61. The predicted molar refractivity (Wildman–Crippen MR) is 121 cm³/mol. The fourth-order valence-corrected chi connectivity index (χ4v) is 3.38. The Bertz CT molecular complexity index is 1070. The summed E-state index contributed by atoms with van der Waals surface area (Å²) in [5, 5.41) is 5.92. The average Bonchev–Trinajstić information content (AvgIpc) is 3.56. The number of hydrogen-bond acceptors (Lipinski definition) is 5. The van der Waals surface area contributed by atoms with Crippen LogP contribution in [0, 0.1) is 5.92 Å². The van der Waals surface area contributed by atoms with Gasteiger partial charge in [-0.25, -0.2) is 4.98 Å². The number of carbonyl (C=O) groups is 2. The minimum Gasteiger partial charge on any atom is -0.497 e. The van der Waals surface area contributed by atoms with E-state index in [4.69, 9.17) is 9.15 Å². The molecule has 7 heteroatoms. The Morgan fingerprint density at radius 2 is 1.84 bits per heavy atom. The molecule has 4 rings (SSSR count). The molecule has 166 valence electrons. The van der Waals surface area contributed by atoms with Gasteiger partial charge in [-0.3, -0.25) is 9.59 Å². The molecule has 2 aromatic carbocycles. The van der Waals surface area contributed by atoms with E-state index in [0.29, 0.717) is 18.1 Å². The summed E-state index contributed by atoms with van der Waals surface area (Å²) < 4.78 is 10.9. The van der Waals surface area contributed by atoms with Crippen LogP contribution in [0.15, 0.2) is 59.1 Å². The van der Waals surface area contributed by atoms with Crippen LogP contribution in [0.1, 0.15) is 43.7 Å². The molecule has 7 nitrogen and oxygen atoms in total. The first-order valence-electron chi connectivity index (χ1n) is 10.8. The number of ether oxygens (including phenoxy) is 1. The molecule has 1 unspecified atom stereocenters. The average molecular weight is 434 g/mol. The van der Waals surface area contributed by atoms with Crippen LogP contribution in [0.4, 0.5) is 5.69 Å². The molecule has 1 aliphatic rings. The van der Waals surface area contributed by atoms with Crippen LogP contribution in [0.2, 0.25) is 0 Å². The molecule has 1 heterocycles. The standard InChI is InChI=1S/C25H27N3O4/c1-16(17-5-9-20(10-6-17)28-25(30)19-3-4-19)27-23(29)13-14-24-26-15-22(32-24)18-7-11-21(31-2)12-8-18/h5-12,15-16,19H,3-4,13-14H2,1-2H3,(H,27,29)(H,28,30). The highest BCUT2D eigenvalue weighted by molar-refractivity contribution is 5.94. The summed E-state index contributed by atoms with van der Waals surface area (Å²) in [5.74, 6) is 2.13. The molecular weight excluding hydrogens is 406 g/mol. The lowest BCUT2D eigenvalue weighted by molar-refractivity contribution is -0.121. The summed E-state index contributed by atoms with van der Waals surface area (Å²) in [5.41, 5.74) is 2.65. The van der Waals surface area contributed by atoms with Crippen molar-refractivity contribution < 1.29 is 18.7 Å². The maximum atomic E-state index is 12.4. The number of methoxy groups -OCH3 is 1. The van der Waals surface area contributed by atoms with Gasteiger partial charge in [-0.15, -0.1) is 0 Å². The summed E-state index contributed by atoms with van der Waals surface area (Å²) in [6.07, 6.45) is 4.32. The smallest absolute Gasteiger partial charge is 0.227 e. The van der Waals surface area contributed by atoms with Gasteiger partial charge >= 0.3 is 0 Å². The molecule has 1 aliphatic carbocycles. The van der Waals surface area contributed by atoms with Crippen LogP contribution in [0.5, 0.6) is 5.75 Å². The lowest BCUT2D eigenvalue weighted by Gasteiger charge is -2.15. The number of oxazole rings is 1. The van der Waals surface area contributed by atoms with E-state index in [-0.39, 0.29) is 30.2 Å². The molecule has 3 aromatic rings. The zero-order valence-corrected chi connectivity index (χ0v) is 18.3. The van der Waals surface area contributed by atoms with Crippen molar-refractivity contribution in [1.29, 1.82) is 0 Å². The van der Waals surface area contributed by atoms with Crippen molar-refractivity contribution >= 4 is 17.5 Å². The van der Waals surface area contributed by atoms with Crippen molar-refractivity contribution in [2.75, 3.05) is 12.4 Å². The number of aryl methyl sites for hydroxylation is 1. The second-order valence-corrected chi connectivity index (χ2v) is 8.02. The monoisotopic (exact) mass is 433 g/mol. The lowest BCUT2D eigenvalue weighted by atomic mass is 10.1. The Balaban J connectivity index is 1.25. The Labute approximate surface area is 187 Å². The number of carbonyl (C=O) groups excluding carboxylic acids is 2. The molecule has 0 bridgehead atoms. The summed E-state index contributed by atoms with van der Waals surface area (Å²) in [4.78, 5) is 28.5. The Morgan fingerprint density at radius 3 is 2.50 bits per heavy atom. The van der Waals surface area contributed by atoms with Gasteiger partial charge in [0.1, 0.15) is 5.75 Å². The normalized spacial score (nSPS) is 13.9. The van der Waals surface area contributed by atoms with E-state index in [1.807, 2.05) is 55.5 Å². The van der Waals surface area contributed by atoms with Gasteiger partial charge in [-0.2, -0.15) is 0 Å². The third kappa shape index (κ3) is 5.55. The first-order valence-corrected chi connectivity index (χ1v) is 10.8. The van der Waals surface area contributed by atoms with Gasteiger partial charge in [0.05, 0.1) is 19.3 Å². The number of amides is 2. The van der Waals surface area contributed by atoms with Crippen LogP contribution in [-0.4, -0.2) is 23.9 Å². The number of rotatable bonds is 9. The van der Waals surface area contributed by atoms with Crippen LogP contribution >= 0.6 is 0 Å². The van der Waals surface area contributed by atoms with Gasteiger partial charge in [-0.1, -0.05) is 12.1 Å². The van der Waals surface area contributed by atoms with E-state index in [0.717, 1.165) is 35.4 Å². The summed E-state index contributed by atoms with van der Waals surface area (Å²) in [7, 11) is 1.62. The molecule has 32 heavy (non-hydrogen) atoms. The van der Waals surface area contributed by atoms with E-state index < -0.39 is 0 Å². The maximum Gasteiger partial charge on any atom is 0.227 e. The SMILES string of the molecule is COc1ccc(-c2cnc(CCC(=O)NC(C)c3ccc(NC(=O)C4CC4)cc3)o2)cc1. The predicted octanol–water partition coefficient (Wildman–Crippen LogP) is 4.51. The van der Waals surface area contributed by atoms with E-state index in [2.05, 4.69) is 15.6 Å². The van der Waals surface area contributed by atoms with Crippen molar-refractivity contribution in [1.82, 2.24) is 10.3 Å². The van der Waals surface area contributed by atoms with Gasteiger partial charge in [0.2, 0.25) is 11.8 Å². The minimum absolute atomic E-state index is 0.0761. The summed E-state index contributed by atoms with van der Waals surface area (Å²) >= 11 is 0. The molecule has 0 saturated heterocycles. The third-order valence-corrected chi connectivity index (χ3v) is 5.50. The fraction of sp³-hybridized carbons (Fsp3) is 0.320. The van der Waals surface area contributed by atoms with Crippen molar-refractivity contribution in [3.63, 3.8) is 0 Å². The molecule has 1 aromatic heterocycles. The van der Waals surface area contributed by atoms with E-state index >= 15 is 0 Å². The summed E-state index contributed by atoms with van der Waals surface area (Å²) in [6.45, 7) is 1.93. The zero-order chi connectivity index (χ0) is 22.5. The quantitative estimate of drug-likeness (QED) is 0.518. The molecule has 1 atom stereocenters. The van der Waals surface area contributed by atoms with Crippen LogP contribution < -0.4 is 15.4 Å². The zero-order valence-electron chi connectivity index (χ0n) is 18.3. The van der Waals surface area contributed by atoms with E-state index in [1.54, 1.807) is 13.3 Å². The largest absolute Gasteiger partial charge is 0.497 e. The maximum absolute atomic E-state index is 12.4. The first kappa shape index (κ1) is 21.6. The minimum atomic E-state index is -0.143. The van der Waals surface area contributed by atoms with Crippen molar-refractivity contribution in [2.24, 2.45) is 5.92 Å². The van der Waals surface area contributed by atoms with Gasteiger partial charge in [0.25, 0.3) is 0 Å². The molecule has 0 aliphatic heterocycles.